The van der Waals surface area contributed by atoms with E-state index < -0.39 is 0 Å². The van der Waals surface area contributed by atoms with Gasteiger partial charge in [0.15, 0.2) is 0 Å². The monoisotopic (exact) mass is 327 g/mol. The van der Waals surface area contributed by atoms with Crippen LogP contribution in [-0.2, 0) is 0 Å². The summed E-state index contributed by atoms with van der Waals surface area (Å²) in [7, 11) is 0. The van der Waals surface area contributed by atoms with Gasteiger partial charge in [0.2, 0.25) is 0 Å². The highest BCUT2D eigenvalue weighted by Gasteiger charge is 2.38. The number of likely N-dealkylation sites (tertiary alicyclic amines) is 1. The number of carbonyl (C=O) groups is 1. The molecular formula is C15H19Cl2N3O. The molecule has 0 aromatic heterocycles. The predicted molar refractivity (Wildman–Crippen MR) is 85.9 cm³/mol. The molecule has 1 aliphatic carbocycles. The highest BCUT2D eigenvalue weighted by atomic mass is 35.5. The highest BCUT2D eigenvalue weighted by Crippen LogP contribution is 2.36. The third-order valence-corrected chi connectivity index (χ3v) is 5.29. The Hall–Kier alpha value is -0.970. The molecule has 2 aliphatic rings. The number of halogens is 2. The predicted octanol–water partition coefficient (Wildman–Crippen LogP) is 3.58. The van der Waals surface area contributed by atoms with Gasteiger partial charge in [-0.1, -0.05) is 23.2 Å². The van der Waals surface area contributed by atoms with E-state index in [9.17, 15) is 4.79 Å². The van der Waals surface area contributed by atoms with Gasteiger partial charge in [-0.05, 0) is 49.3 Å². The van der Waals surface area contributed by atoms with Crippen LogP contribution in [0.15, 0.2) is 18.2 Å². The zero-order chi connectivity index (χ0) is 15.0. The van der Waals surface area contributed by atoms with E-state index in [0.29, 0.717) is 33.6 Å². The summed E-state index contributed by atoms with van der Waals surface area (Å²) in [5.74, 6) is 1.15. The maximum atomic E-state index is 12.3. The van der Waals surface area contributed by atoms with Crippen molar-refractivity contribution in [3.05, 3.63) is 28.2 Å². The number of hydrogen-bond donors (Lipinski definition) is 2. The molecule has 4 nitrogen and oxygen atoms in total. The minimum absolute atomic E-state index is 0.0728. The van der Waals surface area contributed by atoms with Crippen LogP contribution in [0.2, 0.25) is 10.0 Å². The van der Waals surface area contributed by atoms with Crippen LogP contribution in [0.25, 0.3) is 0 Å². The normalized spacial score (nSPS) is 28.3. The maximum absolute atomic E-state index is 12.3. The Labute approximate surface area is 134 Å². The van der Waals surface area contributed by atoms with Crippen LogP contribution in [0.5, 0.6) is 0 Å². The van der Waals surface area contributed by atoms with E-state index in [-0.39, 0.29) is 6.03 Å². The first-order valence-electron chi connectivity index (χ1n) is 7.29. The number of nitrogens with one attached hydrogen (secondary N) is 1. The number of nitrogens with two attached hydrogens (primary N) is 1. The second-order valence-corrected chi connectivity index (χ2v) is 6.87. The number of carbonyl (C=O) groups excluding carboxylic acids is 1. The first-order valence-corrected chi connectivity index (χ1v) is 8.05. The molecule has 0 spiro atoms. The third kappa shape index (κ3) is 3.28. The summed E-state index contributed by atoms with van der Waals surface area (Å²) >= 11 is 11.8. The van der Waals surface area contributed by atoms with Crippen molar-refractivity contribution in [3.63, 3.8) is 0 Å². The number of anilines is 1. The van der Waals surface area contributed by atoms with E-state index in [2.05, 4.69) is 5.32 Å². The topological polar surface area (TPSA) is 58.4 Å². The Morgan fingerprint density at radius 3 is 2.71 bits per heavy atom. The lowest BCUT2D eigenvalue weighted by Gasteiger charge is -2.27. The van der Waals surface area contributed by atoms with Crippen LogP contribution < -0.4 is 11.1 Å². The van der Waals surface area contributed by atoms with Crippen LogP contribution in [0, 0.1) is 11.8 Å². The first-order chi connectivity index (χ1) is 10.0. The number of fused-ring (bicyclic) bond motifs is 1. The molecule has 1 aromatic rings. The van der Waals surface area contributed by atoms with E-state index >= 15 is 0 Å². The Balaban J connectivity index is 1.62. The lowest BCUT2D eigenvalue weighted by molar-refractivity contribution is 0.220. The maximum Gasteiger partial charge on any atom is 0.321 e. The van der Waals surface area contributed by atoms with Crippen molar-refractivity contribution in [1.82, 2.24) is 4.90 Å². The smallest absolute Gasteiger partial charge is 0.321 e. The molecule has 1 saturated heterocycles. The van der Waals surface area contributed by atoms with Gasteiger partial charge in [-0.15, -0.1) is 0 Å². The number of benzene rings is 1. The van der Waals surface area contributed by atoms with Gasteiger partial charge in [0.1, 0.15) is 0 Å². The minimum Gasteiger partial charge on any atom is -0.328 e. The molecule has 1 unspecified atom stereocenters. The van der Waals surface area contributed by atoms with Gasteiger partial charge in [0, 0.05) is 24.8 Å². The van der Waals surface area contributed by atoms with Gasteiger partial charge in [0.25, 0.3) is 0 Å². The number of nitrogens with zero attached hydrogens (tertiary/aromatic N) is 1. The zero-order valence-electron chi connectivity index (χ0n) is 11.7. The highest BCUT2D eigenvalue weighted by molar-refractivity contribution is 6.42. The molecule has 2 fully saturated rings. The summed E-state index contributed by atoms with van der Waals surface area (Å²) in [5, 5.41) is 3.81. The largest absolute Gasteiger partial charge is 0.328 e. The molecule has 114 valence electrons. The number of rotatable bonds is 1. The number of amides is 2. The molecule has 1 aromatic carbocycles. The molecule has 1 heterocycles. The SMILES string of the molecule is NC1CC[C@@H]2CN(C(=O)Nc3ccc(Cl)c(Cl)c3)C[C@@H]2C1. The lowest BCUT2D eigenvalue weighted by atomic mass is 9.79. The summed E-state index contributed by atoms with van der Waals surface area (Å²) in [6, 6.07) is 5.33. The zero-order valence-corrected chi connectivity index (χ0v) is 13.2. The quantitative estimate of drug-likeness (QED) is 0.828. The van der Waals surface area contributed by atoms with Crippen LogP contribution in [0.3, 0.4) is 0 Å². The van der Waals surface area contributed by atoms with Crippen molar-refractivity contribution < 1.29 is 4.79 Å². The van der Waals surface area contributed by atoms with E-state index in [1.54, 1.807) is 18.2 Å². The van der Waals surface area contributed by atoms with Crippen molar-refractivity contribution in [2.75, 3.05) is 18.4 Å². The van der Waals surface area contributed by atoms with E-state index in [1.807, 2.05) is 4.90 Å². The van der Waals surface area contributed by atoms with E-state index in [1.165, 1.54) is 0 Å². The van der Waals surface area contributed by atoms with Crippen molar-refractivity contribution in [2.45, 2.75) is 25.3 Å². The fourth-order valence-electron chi connectivity index (χ4n) is 3.41. The Morgan fingerprint density at radius 1 is 1.19 bits per heavy atom. The van der Waals surface area contributed by atoms with Gasteiger partial charge in [-0.25, -0.2) is 4.79 Å². The Morgan fingerprint density at radius 2 is 1.95 bits per heavy atom. The first kappa shape index (κ1) is 14.9. The van der Waals surface area contributed by atoms with Gasteiger partial charge in [-0.3, -0.25) is 0 Å². The van der Waals surface area contributed by atoms with Gasteiger partial charge < -0.3 is 16.0 Å². The molecule has 6 heteroatoms. The van der Waals surface area contributed by atoms with Crippen molar-refractivity contribution >= 4 is 34.9 Å². The van der Waals surface area contributed by atoms with Gasteiger partial charge in [-0.2, -0.15) is 0 Å². The molecule has 2 amide bonds. The summed E-state index contributed by atoms with van der Waals surface area (Å²) in [6.07, 6.45) is 3.23. The third-order valence-electron chi connectivity index (χ3n) is 4.55. The summed E-state index contributed by atoms with van der Waals surface area (Å²) in [6.45, 7) is 1.62. The number of hydrogen-bond acceptors (Lipinski definition) is 2. The molecule has 3 atom stereocenters. The molecule has 1 saturated carbocycles. The van der Waals surface area contributed by atoms with Crippen molar-refractivity contribution in [3.8, 4) is 0 Å². The Kier molecular flexibility index (Phi) is 4.29. The molecular weight excluding hydrogens is 309 g/mol. The fourth-order valence-corrected chi connectivity index (χ4v) is 3.71. The number of urea groups is 1. The molecule has 0 bridgehead atoms. The summed E-state index contributed by atoms with van der Waals surface area (Å²) < 4.78 is 0. The average molecular weight is 328 g/mol. The van der Waals surface area contributed by atoms with Crippen molar-refractivity contribution in [1.29, 1.82) is 0 Å². The summed E-state index contributed by atoms with van der Waals surface area (Å²) in [4.78, 5) is 14.2. The van der Waals surface area contributed by atoms with E-state index in [0.717, 1.165) is 32.4 Å². The lowest BCUT2D eigenvalue weighted by Crippen LogP contribution is -2.33. The van der Waals surface area contributed by atoms with Crippen LogP contribution in [0.1, 0.15) is 19.3 Å². The molecule has 1 aliphatic heterocycles. The fraction of sp³-hybridized carbons (Fsp3) is 0.533. The van der Waals surface area contributed by atoms with Gasteiger partial charge >= 0.3 is 6.03 Å². The standard InChI is InChI=1S/C15H19Cl2N3O/c16-13-4-3-12(6-14(13)17)19-15(21)20-7-9-1-2-11(18)5-10(9)8-20/h3-4,6,9-11H,1-2,5,7-8,18H2,(H,19,21)/t9-,10+,11?/m1/s1. The second kappa shape index (κ2) is 6.03. The van der Waals surface area contributed by atoms with E-state index in [4.69, 9.17) is 28.9 Å². The molecule has 21 heavy (non-hydrogen) atoms. The van der Waals surface area contributed by atoms with Gasteiger partial charge in [0.05, 0.1) is 10.0 Å². The van der Waals surface area contributed by atoms with Crippen LogP contribution in [0.4, 0.5) is 10.5 Å². The van der Waals surface area contributed by atoms with Crippen LogP contribution >= 0.6 is 23.2 Å². The van der Waals surface area contributed by atoms with Crippen molar-refractivity contribution in [2.24, 2.45) is 17.6 Å². The minimum atomic E-state index is -0.0728. The molecule has 3 rings (SSSR count). The average Bonchev–Trinajstić information content (AvgIpc) is 2.86. The molecule has 3 N–H and O–H groups in total. The second-order valence-electron chi connectivity index (χ2n) is 6.06. The summed E-state index contributed by atoms with van der Waals surface area (Å²) in [5.41, 5.74) is 6.69. The molecule has 0 radical (unpaired) electrons. The van der Waals surface area contributed by atoms with Crippen LogP contribution in [-0.4, -0.2) is 30.1 Å². The Bertz CT molecular complexity index is 552.